The molecule has 6 heteroatoms. The van der Waals surface area contributed by atoms with Gasteiger partial charge in [0.1, 0.15) is 13.2 Å². The Morgan fingerprint density at radius 3 is 2.28 bits per heavy atom. The van der Waals surface area contributed by atoms with Crippen LogP contribution in [0.25, 0.3) is 11.1 Å². The van der Waals surface area contributed by atoms with E-state index in [0.717, 1.165) is 11.1 Å². The SMILES string of the molecule is O=C(COC(=O)c1ccc2c(c1)OCCO2)Nc1ccc(-c2ccccc2)cc1. The van der Waals surface area contributed by atoms with Gasteiger partial charge in [-0.05, 0) is 41.5 Å². The van der Waals surface area contributed by atoms with Crippen LogP contribution < -0.4 is 14.8 Å². The van der Waals surface area contributed by atoms with E-state index < -0.39 is 11.9 Å². The number of ether oxygens (including phenoxy) is 3. The summed E-state index contributed by atoms with van der Waals surface area (Å²) >= 11 is 0. The van der Waals surface area contributed by atoms with E-state index in [1.54, 1.807) is 18.2 Å². The van der Waals surface area contributed by atoms with Gasteiger partial charge in [-0.25, -0.2) is 4.79 Å². The third kappa shape index (κ3) is 4.55. The average Bonchev–Trinajstić information content (AvgIpc) is 2.78. The van der Waals surface area contributed by atoms with Crippen LogP contribution in [0.5, 0.6) is 11.5 Å². The van der Waals surface area contributed by atoms with Crippen molar-refractivity contribution in [2.24, 2.45) is 0 Å². The van der Waals surface area contributed by atoms with E-state index in [0.29, 0.717) is 36.0 Å². The molecule has 0 spiro atoms. The molecule has 0 atom stereocenters. The molecular formula is C23H19NO5. The summed E-state index contributed by atoms with van der Waals surface area (Å²) < 4.78 is 16.0. The molecule has 0 saturated carbocycles. The highest BCUT2D eigenvalue weighted by molar-refractivity contribution is 5.96. The minimum Gasteiger partial charge on any atom is -0.486 e. The minimum atomic E-state index is -0.600. The Labute approximate surface area is 168 Å². The average molecular weight is 389 g/mol. The van der Waals surface area contributed by atoms with Gasteiger partial charge in [-0.3, -0.25) is 4.79 Å². The van der Waals surface area contributed by atoms with Gasteiger partial charge in [0.25, 0.3) is 5.91 Å². The third-order valence-electron chi connectivity index (χ3n) is 4.39. The lowest BCUT2D eigenvalue weighted by Crippen LogP contribution is -2.21. The number of amides is 1. The maximum absolute atomic E-state index is 12.2. The molecule has 1 heterocycles. The molecule has 4 rings (SSSR count). The molecule has 29 heavy (non-hydrogen) atoms. The van der Waals surface area contributed by atoms with Gasteiger partial charge in [-0.1, -0.05) is 42.5 Å². The first-order valence-electron chi connectivity index (χ1n) is 9.21. The monoisotopic (exact) mass is 389 g/mol. The van der Waals surface area contributed by atoms with E-state index in [-0.39, 0.29) is 6.61 Å². The summed E-state index contributed by atoms with van der Waals surface area (Å²) in [6, 6.07) is 22.2. The minimum absolute atomic E-state index is 0.300. The third-order valence-corrected chi connectivity index (χ3v) is 4.39. The summed E-state index contributed by atoms with van der Waals surface area (Å²) in [6.07, 6.45) is 0. The molecule has 3 aromatic rings. The fourth-order valence-corrected chi connectivity index (χ4v) is 2.96. The quantitative estimate of drug-likeness (QED) is 0.670. The van der Waals surface area contributed by atoms with Gasteiger partial charge in [0.05, 0.1) is 5.56 Å². The van der Waals surface area contributed by atoms with Gasteiger partial charge >= 0.3 is 5.97 Å². The molecule has 0 fully saturated rings. The van der Waals surface area contributed by atoms with Crippen LogP contribution in [0.1, 0.15) is 10.4 Å². The largest absolute Gasteiger partial charge is 0.486 e. The van der Waals surface area contributed by atoms with E-state index >= 15 is 0 Å². The molecule has 0 aromatic heterocycles. The smallest absolute Gasteiger partial charge is 0.338 e. The molecule has 0 bridgehead atoms. The standard InChI is InChI=1S/C23H19NO5/c25-22(24-19-9-6-17(7-10-19)16-4-2-1-3-5-16)15-29-23(26)18-8-11-20-21(14-18)28-13-12-27-20/h1-11,14H,12-13,15H2,(H,24,25). The lowest BCUT2D eigenvalue weighted by Gasteiger charge is -2.18. The van der Waals surface area contributed by atoms with Crippen molar-refractivity contribution >= 4 is 17.6 Å². The maximum atomic E-state index is 12.2. The molecule has 1 aliphatic heterocycles. The van der Waals surface area contributed by atoms with Crippen molar-refractivity contribution < 1.29 is 23.8 Å². The molecule has 1 N–H and O–H groups in total. The van der Waals surface area contributed by atoms with E-state index in [9.17, 15) is 9.59 Å². The van der Waals surface area contributed by atoms with Crippen LogP contribution in [-0.4, -0.2) is 31.7 Å². The van der Waals surface area contributed by atoms with Gasteiger partial charge < -0.3 is 19.5 Å². The Balaban J connectivity index is 1.31. The predicted octanol–water partition coefficient (Wildman–Crippen LogP) is 3.92. The van der Waals surface area contributed by atoms with Crippen molar-refractivity contribution in [1.29, 1.82) is 0 Å². The molecule has 6 nitrogen and oxygen atoms in total. The molecule has 0 radical (unpaired) electrons. The normalized spacial score (nSPS) is 12.1. The van der Waals surface area contributed by atoms with Crippen molar-refractivity contribution in [2.75, 3.05) is 25.1 Å². The van der Waals surface area contributed by atoms with Crippen molar-refractivity contribution in [3.8, 4) is 22.6 Å². The summed E-state index contributed by atoms with van der Waals surface area (Å²) in [5, 5.41) is 2.72. The molecule has 0 saturated heterocycles. The van der Waals surface area contributed by atoms with E-state index in [1.165, 1.54) is 0 Å². The first-order chi connectivity index (χ1) is 14.2. The number of esters is 1. The van der Waals surface area contributed by atoms with E-state index in [1.807, 2.05) is 54.6 Å². The van der Waals surface area contributed by atoms with Crippen LogP contribution in [0.4, 0.5) is 5.69 Å². The summed E-state index contributed by atoms with van der Waals surface area (Å²) in [5.41, 5.74) is 3.08. The zero-order valence-corrected chi connectivity index (χ0v) is 15.6. The number of anilines is 1. The summed E-state index contributed by atoms with van der Waals surface area (Å²) in [5.74, 6) is 0.0676. The Morgan fingerprint density at radius 1 is 0.828 bits per heavy atom. The zero-order valence-electron chi connectivity index (χ0n) is 15.6. The van der Waals surface area contributed by atoms with Crippen LogP contribution in [0.3, 0.4) is 0 Å². The highest BCUT2D eigenvalue weighted by Crippen LogP contribution is 2.31. The molecule has 0 unspecified atom stereocenters. The topological polar surface area (TPSA) is 73.9 Å². The highest BCUT2D eigenvalue weighted by atomic mass is 16.6. The second kappa shape index (κ2) is 8.48. The number of hydrogen-bond acceptors (Lipinski definition) is 5. The zero-order chi connectivity index (χ0) is 20.1. The van der Waals surface area contributed by atoms with Crippen LogP contribution in [0.15, 0.2) is 72.8 Å². The van der Waals surface area contributed by atoms with E-state index in [4.69, 9.17) is 14.2 Å². The number of benzene rings is 3. The highest BCUT2D eigenvalue weighted by Gasteiger charge is 2.16. The Hall–Kier alpha value is -3.80. The molecule has 3 aromatic carbocycles. The first kappa shape index (κ1) is 18.6. The van der Waals surface area contributed by atoms with Crippen molar-refractivity contribution in [3.05, 3.63) is 78.4 Å². The second-order valence-corrected chi connectivity index (χ2v) is 6.43. The Morgan fingerprint density at radius 2 is 1.52 bits per heavy atom. The molecule has 0 aliphatic carbocycles. The van der Waals surface area contributed by atoms with Crippen molar-refractivity contribution in [3.63, 3.8) is 0 Å². The number of carbonyl (C=O) groups is 2. The number of fused-ring (bicyclic) bond motifs is 1. The fourth-order valence-electron chi connectivity index (χ4n) is 2.96. The lowest BCUT2D eigenvalue weighted by molar-refractivity contribution is -0.119. The van der Waals surface area contributed by atoms with Gasteiger partial charge in [-0.15, -0.1) is 0 Å². The second-order valence-electron chi connectivity index (χ2n) is 6.43. The van der Waals surface area contributed by atoms with Gasteiger partial charge in [0.15, 0.2) is 18.1 Å². The van der Waals surface area contributed by atoms with Crippen LogP contribution >= 0.6 is 0 Å². The molecule has 1 aliphatic rings. The van der Waals surface area contributed by atoms with Gasteiger partial charge in [0, 0.05) is 5.69 Å². The number of hydrogen-bond donors (Lipinski definition) is 1. The summed E-state index contributed by atoms with van der Waals surface area (Å²) in [7, 11) is 0. The molecule has 146 valence electrons. The summed E-state index contributed by atoms with van der Waals surface area (Å²) in [6.45, 7) is 0.522. The van der Waals surface area contributed by atoms with Gasteiger partial charge in [0.2, 0.25) is 0 Å². The van der Waals surface area contributed by atoms with Crippen molar-refractivity contribution in [2.45, 2.75) is 0 Å². The molecule has 1 amide bonds. The van der Waals surface area contributed by atoms with Crippen molar-refractivity contribution in [1.82, 2.24) is 0 Å². The number of nitrogens with one attached hydrogen (secondary N) is 1. The van der Waals surface area contributed by atoms with E-state index in [2.05, 4.69) is 5.32 Å². The van der Waals surface area contributed by atoms with Gasteiger partial charge in [-0.2, -0.15) is 0 Å². The van der Waals surface area contributed by atoms with Crippen LogP contribution in [-0.2, 0) is 9.53 Å². The Bertz CT molecular complexity index is 1020. The first-order valence-corrected chi connectivity index (χ1v) is 9.21. The summed E-state index contributed by atoms with van der Waals surface area (Å²) in [4.78, 5) is 24.3. The van der Waals surface area contributed by atoms with Crippen LogP contribution in [0, 0.1) is 0 Å². The maximum Gasteiger partial charge on any atom is 0.338 e. The lowest BCUT2D eigenvalue weighted by atomic mass is 10.1. The Kier molecular flexibility index (Phi) is 5.42. The van der Waals surface area contributed by atoms with Crippen LogP contribution in [0.2, 0.25) is 0 Å². The molecular weight excluding hydrogens is 370 g/mol. The number of carbonyl (C=O) groups excluding carboxylic acids is 2. The predicted molar refractivity (Wildman–Crippen MR) is 108 cm³/mol. The fraction of sp³-hybridized carbons (Fsp3) is 0.130. The number of rotatable bonds is 5.